The van der Waals surface area contributed by atoms with Crippen molar-refractivity contribution in [1.29, 1.82) is 5.26 Å². The average Bonchev–Trinajstić information content (AvgIpc) is 2.43. The maximum Gasteiger partial charge on any atom is 0.0940 e. The molecular formula is C16H25ClN2O. The van der Waals surface area contributed by atoms with Crippen molar-refractivity contribution in [3.8, 4) is 6.07 Å². The Morgan fingerprint density at radius 3 is 2.45 bits per heavy atom. The van der Waals surface area contributed by atoms with Crippen molar-refractivity contribution >= 4 is 12.4 Å². The minimum Gasteiger partial charge on any atom is -0.387 e. The van der Waals surface area contributed by atoms with Crippen LogP contribution < -0.4 is 5.32 Å². The molecule has 2 unspecified atom stereocenters. The molecule has 0 radical (unpaired) electrons. The topological polar surface area (TPSA) is 56.0 Å². The second-order valence-corrected chi connectivity index (χ2v) is 5.85. The van der Waals surface area contributed by atoms with Gasteiger partial charge in [-0.05, 0) is 24.3 Å². The Balaban J connectivity index is 0.00000361. The molecule has 1 aromatic carbocycles. The minimum atomic E-state index is -0.507. The number of nitrogens with one attached hydrogen (secondary N) is 1. The first-order chi connectivity index (χ1) is 8.96. The van der Waals surface area contributed by atoms with Gasteiger partial charge in [-0.15, -0.1) is 12.4 Å². The Morgan fingerprint density at radius 1 is 1.30 bits per heavy atom. The molecule has 2 N–H and O–H groups in total. The molecule has 0 amide bonds. The molecule has 0 saturated carbocycles. The third-order valence-electron chi connectivity index (χ3n) is 3.43. The molecule has 2 atom stereocenters. The summed E-state index contributed by atoms with van der Waals surface area (Å²) in [7, 11) is 0. The summed E-state index contributed by atoms with van der Waals surface area (Å²) in [6, 6.07) is 11.8. The molecule has 0 aromatic heterocycles. The van der Waals surface area contributed by atoms with E-state index in [1.165, 1.54) is 0 Å². The molecule has 0 aliphatic carbocycles. The van der Waals surface area contributed by atoms with Crippen molar-refractivity contribution in [2.75, 3.05) is 6.54 Å². The lowest BCUT2D eigenvalue weighted by molar-refractivity contribution is 0.128. The van der Waals surface area contributed by atoms with Gasteiger partial charge in [-0.25, -0.2) is 0 Å². The molecule has 1 rings (SSSR count). The maximum atomic E-state index is 10.2. The number of benzene rings is 1. The summed E-state index contributed by atoms with van der Waals surface area (Å²) in [6.07, 6.45) is 0.933. The number of nitrogens with zero attached hydrogens (tertiary/aromatic N) is 1. The van der Waals surface area contributed by atoms with Gasteiger partial charge < -0.3 is 10.4 Å². The van der Waals surface area contributed by atoms with E-state index in [9.17, 15) is 5.11 Å². The van der Waals surface area contributed by atoms with Crippen LogP contribution in [0.5, 0.6) is 0 Å². The Hall–Kier alpha value is -1.08. The van der Waals surface area contributed by atoms with E-state index in [4.69, 9.17) is 5.26 Å². The van der Waals surface area contributed by atoms with Gasteiger partial charge in [-0.1, -0.05) is 44.2 Å². The van der Waals surface area contributed by atoms with Crippen LogP contribution in [0.15, 0.2) is 30.3 Å². The number of rotatable bonds is 7. The number of hydrogen-bond acceptors (Lipinski definition) is 3. The van der Waals surface area contributed by atoms with E-state index in [1.807, 2.05) is 37.3 Å². The predicted octanol–water partition coefficient (Wildman–Crippen LogP) is 3.45. The third kappa shape index (κ3) is 6.38. The van der Waals surface area contributed by atoms with Crippen molar-refractivity contribution in [3.05, 3.63) is 35.9 Å². The first kappa shape index (κ1) is 18.9. The smallest absolute Gasteiger partial charge is 0.0940 e. The zero-order valence-electron chi connectivity index (χ0n) is 12.5. The highest BCUT2D eigenvalue weighted by atomic mass is 35.5. The summed E-state index contributed by atoms with van der Waals surface area (Å²) < 4.78 is 0. The molecule has 0 heterocycles. The van der Waals surface area contributed by atoms with Crippen LogP contribution in [-0.4, -0.2) is 17.7 Å². The number of halogens is 1. The van der Waals surface area contributed by atoms with Gasteiger partial charge in [-0.3, -0.25) is 0 Å². The van der Waals surface area contributed by atoms with Crippen LogP contribution in [0.2, 0.25) is 0 Å². The Labute approximate surface area is 128 Å². The number of aliphatic hydroxyl groups is 1. The largest absolute Gasteiger partial charge is 0.387 e. The molecule has 20 heavy (non-hydrogen) atoms. The lowest BCUT2D eigenvalue weighted by Gasteiger charge is -2.28. The van der Waals surface area contributed by atoms with Crippen LogP contribution in [0.25, 0.3) is 0 Å². The molecule has 0 spiro atoms. The lowest BCUT2D eigenvalue weighted by Crippen LogP contribution is -2.38. The van der Waals surface area contributed by atoms with Gasteiger partial charge in [0, 0.05) is 19.0 Å². The van der Waals surface area contributed by atoms with Crippen LogP contribution >= 0.6 is 12.4 Å². The summed E-state index contributed by atoms with van der Waals surface area (Å²) in [4.78, 5) is 0. The molecule has 1 aromatic rings. The summed E-state index contributed by atoms with van der Waals surface area (Å²) >= 11 is 0. The van der Waals surface area contributed by atoms with Crippen LogP contribution in [0, 0.1) is 16.7 Å². The molecule has 3 nitrogen and oxygen atoms in total. The van der Waals surface area contributed by atoms with Crippen LogP contribution in [0.3, 0.4) is 0 Å². The normalized spacial score (nSPS) is 13.9. The molecule has 0 aliphatic rings. The van der Waals surface area contributed by atoms with Crippen LogP contribution in [-0.2, 0) is 0 Å². The number of hydrogen-bond donors (Lipinski definition) is 2. The van der Waals surface area contributed by atoms with Crippen LogP contribution in [0.4, 0.5) is 0 Å². The van der Waals surface area contributed by atoms with E-state index < -0.39 is 6.10 Å². The first-order valence-electron chi connectivity index (χ1n) is 6.79. The highest BCUT2D eigenvalue weighted by molar-refractivity contribution is 5.85. The van der Waals surface area contributed by atoms with Crippen LogP contribution in [0.1, 0.15) is 45.3 Å². The fraction of sp³-hybridized carbons (Fsp3) is 0.562. The molecule has 0 saturated heterocycles. The monoisotopic (exact) mass is 296 g/mol. The summed E-state index contributed by atoms with van der Waals surface area (Å²) in [5, 5.41) is 22.3. The van der Waals surface area contributed by atoms with Crippen molar-refractivity contribution < 1.29 is 5.11 Å². The molecule has 4 heteroatoms. The van der Waals surface area contributed by atoms with E-state index in [1.54, 1.807) is 0 Å². The van der Waals surface area contributed by atoms with Gasteiger partial charge in [0.25, 0.3) is 0 Å². The SMILES string of the molecule is CC(NCC(C)(C)CCC#N)C(O)c1ccccc1.Cl. The van der Waals surface area contributed by atoms with E-state index >= 15 is 0 Å². The quantitative estimate of drug-likeness (QED) is 0.810. The molecule has 0 fully saturated rings. The van der Waals surface area contributed by atoms with Gasteiger partial charge in [-0.2, -0.15) is 5.26 Å². The zero-order chi connectivity index (χ0) is 14.3. The number of aliphatic hydroxyl groups excluding tert-OH is 1. The second kappa shape index (κ2) is 8.97. The fourth-order valence-corrected chi connectivity index (χ4v) is 1.97. The summed E-state index contributed by atoms with van der Waals surface area (Å²) in [5.41, 5.74) is 0.998. The minimum absolute atomic E-state index is 0. The van der Waals surface area contributed by atoms with Gasteiger partial charge in [0.1, 0.15) is 0 Å². The Morgan fingerprint density at radius 2 is 1.90 bits per heavy atom. The van der Waals surface area contributed by atoms with Gasteiger partial charge >= 0.3 is 0 Å². The second-order valence-electron chi connectivity index (χ2n) is 5.85. The van der Waals surface area contributed by atoms with Crippen molar-refractivity contribution in [2.45, 2.75) is 45.8 Å². The Bertz CT molecular complexity index is 414. The first-order valence-corrected chi connectivity index (χ1v) is 6.79. The third-order valence-corrected chi connectivity index (χ3v) is 3.43. The van der Waals surface area contributed by atoms with E-state index in [0.29, 0.717) is 6.42 Å². The molecule has 0 bridgehead atoms. The summed E-state index contributed by atoms with van der Waals surface area (Å²) in [5.74, 6) is 0. The number of nitriles is 1. The van der Waals surface area contributed by atoms with E-state index in [0.717, 1.165) is 18.5 Å². The van der Waals surface area contributed by atoms with Gasteiger partial charge in [0.05, 0.1) is 12.2 Å². The maximum absolute atomic E-state index is 10.2. The highest BCUT2D eigenvalue weighted by Crippen LogP contribution is 2.22. The van der Waals surface area contributed by atoms with E-state index in [2.05, 4.69) is 25.2 Å². The molecule has 0 aliphatic heterocycles. The van der Waals surface area contributed by atoms with E-state index in [-0.39, 0.29) is 23.9 Å². The lowest BCUT2D eigenvalue weighted by atomic mass is 9.87. The van der Waals surface area contributed by atoms with Crippen molar-refractivity contribution in [1.82, 2.24) is 5.32 Å². The average molecular weight is 297 g/mol. The zero-order valence-corrected chi connectivity index (χ0v) is 13.3. The van der Waals surface area contributed by atoms with Crippen molar-refractivity contribution in [2.24, 2.45) is 5.41 Å². The van der Waals surface area contributed by atoms with Crippen molar-refractivity contribution in [3.63, 3.8) is 0 Å². The summed E-state index contributed by atoms with van der Waals surface area (Å²) in [6.45, 7) is 7.05. The highest BCUT2D eigenvalue weighted by Gasteiger charge is 2.21. The molecule has 112 valence electrons. The van der Waals surface area contributed by atoms with Gasteiger partial charge in [0.15, 0.2) is 0 Å². The molecular weight excluding hydrogens is 272 g/mol. The fourth-order valence-electron chi connectivity index (χ4n) is 1.97. The Kier molecular flexibility index (Phi) is 8.48. The van der Waals surface area contributed by atoms with Gasteiger partial charge in [0.2, 0.25) is 0 Å². The predicted molar refractivity (Wildman–Crippen MR) is 84.7 cm³/mol. The standard InChI is InChI=1S/C16H24N2O.ClH/c1-13(15(19)14-8-5-4-6-9-14)18-12-16(2,3)10-7-11-17;/h4-6,8-9,13,15,18-19H,7,10,12H2,1-3H3;1H.